The van der Waals surface area contributed by atoms with Gasteiger partial charge in [-0.05, 0) is 25.2 Å². The standard InChI is InChI=1S/C17H25N5O2/c1-12(2)6-9-22(13-4-5-13)15(23)7-8-21-11-18-16-14(17(21)24)10-19-20(16)3/h10-13H,4-9H2,1-3H3. The number of carbonyl (C=O) groups excluding carboxylic acids is 1. The van der Waals surface area contributed by atoms with Crippen LogP contribution in [0, 0.1) is 5.92 Å². The molecule has 0 N–H and O–H groups in total. The van der Waals surface area contributed by atoms with Gasteiger partial charge in [-0.15, -0.1) is 0 Å². The Bertz CT molecular complexity index is 788. The molecule has 2 aromatic heterocycles. The Morgan fingerprint density at radius 3 is 2.83 bits per heavy atom. The molecule has 7 heteroatoms. The summed E-state index contributed by atoms with van der Waals surface area (Å²) in [7, 11) is 1.75. The summed E-state index contributed by atoms with van der Waals surface area (Å²) in [5.74, 6) is 0.718. The van der Waals surface area contributed by atoms with Crippen LogP contribution in [0.15, 0.2) is 17.3 Å². The molecule has 1 saturated carbocycles. The molecule has 2 heterocycles. The zero-order valence-electron chi connectivity index (χ0n) is 14.6. The first-order valence-corrected chi connectivity index (χ1v) is 8.64. The quantitative estimate of drug-likeness (QED) is 0.772. The highest BCUT2D eigenvalue weighted by Gasteiger charge is 2.31. The molecule has 0 saturated heterocycles. The van der Waals surface area contributed by atoms with E-state index >= 15 is 0 Å². The van der Waals surface area contributed by atoms with Gasteiger partial charge in [0.25, 0.3) is 5.56 Å². The maximum atomic E-state index is 12.6. The van der Waals surface area contributed by atoms with E-state index in [2.05, 4.69) is 23.9 Å². The van der Waals surface area contributed by atoms with Crippen molar-refractivity contribution in [2.45, 2.75) is 52.1 Å². The molecule has 1 amide bonds. The molecule has 24 heavy (non-hydrogen) atoms. The molecule has 0 aliphatic heterocycles. The van der Waals surface area contributed by atoms with Gasteiger partial charge < -0.3 is 4.90 Å². The molecule has 0 radical (unpaired) electrons. The number of amides is 1. The molecule has 3 rings (SSSR count). The van der Waals surface area contributed by atoms with E-state index in [-0.39, 0.29) is 11.5 Å². The number of fused-ring (bicyclic) bond motifs is 1. The molecule has 0 aromatic carbocycles. The van der Waals surface area contributed by atoms with Crippen molar-refractivity contribution in [3.8, 4) is 0 Å². The smallest absolute Gasteiger partial charge is 0.264 e. The summed E-state index contributed by atoms with van der Waals surface area (Å²) >= 11 is 0. The minimum Gasteiger partial charge on any atom is -0.340 e. The van der Waals surface area contributed by atoms with Crippen LogP contribution in [0.1, 0.15) is 39.5 Å². The second-order valence-electron chi connectivity index (χ2n) is 7.00. The van der Waals surface area contributed by atoms with Crippen molar-refractivity contribution in [3.05, 3.63) is 22.9 Å². The van der Waals surface area contributed by atoms with E-state index < -0.39 is 0 Å². The summed E-state index contributed by atoms with van der Waals surface area (Å²) in [4.78, 5) is 31.3. The van der Waals surface area contributed by atoms with Gasteiger partial charge >= 0.3 is 0 Å². The van der Waals surface area contributed by atoms with Crippen LogP contribution in [0.25, 0.3) is 11.0 Å². The molecule has 130 valence electrons. The third-order valence-electron chi connectivity index (χ3n) is 4.54. The number of carbonyl (C=O) groups is 1. The van der Waals surface area contributed by atoms with Crippen molar-refractivity contribution in [1.29, 1.82) is 0 Å². The number of nitrogens with zero attached hydrogens (tertiary/aromatic N) is 5. The van der Waals surface area contributed by atoms with Gasteiger partial charge in [0.1, 0.15) is 5.39 Å². The Balaban J connectivity index is 1.67. The highest BCUT2D eigenvalue weighted by molar-refractivity contribution is 5.77. The van der Waals surface area contributed by atoms with Crippen molar-refractivity contribution >= 4 is 16.9 Å². The molecule has 1 aliphatic rings. The second kappa shape index (κ2) is 6.75. The number of hydrogen-bond donors (Lipinski definition) is 0. The van der Waals surface area contributed by atoms with Crippen LogP contribution >= 0.6 is 0 Å². The minimum absolute atomic E-state index is 0.135. The van der Waals surface area contributed by atoms with Gasteiger partial charge in [0, 0.05) is 32.6 Å². The topological polar surface area (TPSA) is 73.0 Å². The summed E-state index contributed by atoms with van der Waals surface area (Å²) in [5, 5.41) is 4.55. The van der Waals surface area contributed by atoms with Gasteiger partial charge in [-0.25, -0.2) is 4.98 Å². The summed E-state index contributed by atoms with van der Waals surface area (Å²) in [6.07, 6.45) is 6.60. The van der Waals surface area contributed by atoms with Crippen molar-refractivity contribution in [2.75, 3.05) is 6.54 Å². The second-order valence-corrected chi connectivity index (χ2v) is 7.00. The van der Waals surface area contributed by atoms with Crippen LogP contribution in [-0.2, 0) is 18.4 Å². The van der Waals surface area contributed by atoms with Gasteiger partial charge in [-0.2, -0.15) is 5.10 Å². The largest absolute Gasteiger partial charge is 0.340 e. The van der Waals surface area contributed by atoms with Gasteiger partial charge in [0.15, 0.2) is 5.65 Å². The van der Waals surface area contributed by atoms with E-state index in [9.17, 15) is 9.59 Å². The molecule has 0 atom stereocenters. The summed E-state index contributed by atoms with van der Waals surface area (Å²) in [6, 6.07) is 0.409. The molecule has 7 nitrogen and oxygen atoms in total. The van der Waals surface area contributed by atoms with Crippen LogP contribution in [0.2, 0.25) is 0 Å². The zero-order chi connectivity index (χ0) is 17.3. The van der Waals surface area contributed by atoms with E-state index in [1.54, 1.807) is 11.7 Å². The fourth-order valence-electron chi connectivity index (χ4n) is 2.88. The van der Waals surface area contributed by atoms with E-state index in [0.29, 0.717) is 36.0 Å². The lowest BCUT2D eigenvalue weighted by atomic mass is 10.1. The number of aromatic nitrogens is 4. The average Bonchev–Trinajstić information content (AvgIpc) is 3.30. The van der Waals surface area contributed by atoms with Crippen molar-refractivity contribution in [2.24, 2.45) is 13.0 Å². The van der Waals surface area contributed by atoms with E-state index in [1.807, 2.05) is 4.90 Å². The van der Waals surface area contributed by atoms with E-state index in [1.165, 1.54) is 17.1 Å². The highest BCUT2D eigenvalue weighted by Crippen LogP contribution is 2.28. The van der Waals surface area contributed by atoms with Crippen LogP contribution < -0.4 is 5.56 Å². The van der Waals surface area contributed by atoms with Crippen LogP contribution in [0.5, 0.6) is 0 Å². The fourth-order valence-corrected chi connectivity index (χ4v) is 2.88. The molecular formula is C17H25N5O2. The SMILES string of the molecule is CC(C)CCN(C(=O)CCn1cnc2c(cnn2C)c1=O)C1CC1. The molecule has 2 aromatic rings. The van der Waals surface area contributed by atoms with Gasteiger partial charge in [-0.1, -0.05) is 13.8 Å². The van der Waals surface area contributed by atoms with Gasteiger partial charge in [-0.3, -0.25) is 18.8 Å². The van der Waals surface area contributed by atoms with Crippen molar-refractivity contribution in [1.82, 2.24) is 24.2 Å². The fraction of sp³-hybridized carbons (Fsp3) is 0.647. The lowest BCUT2D eigenvalue weighted by molar-refractivity contribution is -0.132. The predicted octanol–water partition coefficient (Wildman–Crippen LogP) is 1.56. The summed E-state index contributed by atoms with van der Waals surface area (Å²) in [6.45, 7) is 5.52. The van der Waals surface area contributed by atoms with Crippen molar-refractivity contribution < 1.29 is 4.79 Å². The number of rotatable bonds is 7. The highest BCUT2D eigenvalue weighted by atomic mass is 16.2. The number of aryl methyl sites for hydroxylation is 2. The predicted molar refractivity (Wildman–Crippen MR) is 91.6 cm³/mol. The maximum absolute atomic E-state index is 12.6. The normalized spacial score (nSPS) is 14.5. The van der Waals surface area contributed by atoms with E-state index in [4.69, 9.17) is 0 Å². The molecule has 1 aliphatic carbocycles. The first-order chi connectivity index (χ1) is 11.5. The maximum Gasteiger partial charge on any atom is 0.264 e. The van der Waals surface area contributed by atoms with Crippen molar-refractivity contribution in [3.63, 3.8) is 0 Å². The Labute approximate surface area is 141 Å². The van der Waals surface area contributed by atoms with Crippen LogP contribution in [-0.4, -0.2) is 42.7 Å². The Morgan fingerprint density at radius 1 is 1.42 bits per heavy atom. The summed E-state index contributed by atoms with van der Waals surface area (Å²) in [5.41, 5.74) is 0.431. The third kappa shape index (κ3) is 3.49. The third-order valence-corrected chi connectivity index (χ3v) is 4.54. The molecule has 0 spiro atoms. The minimum atomic E-state index is -0.138. The summed E-state index contributed by atoms with van der Waals surface area (Å²) < 4.78 is 3.09. The van der Waals surface area contributed by atoms with Crippen LogP contribution in [0.3, 0.4) is 0 Å². The van der Waals surface area contributed by atoms with Gasteiger partial charge in [0.2, 0.25) is 5.91 Å². The average molecular weight is 331 g/mol. The van der Waals surface area contributed by atoms with Crippen LogP contribution in [0.4, 0.5) is 0 Å². The lowest BCUT2D eigenvalue weighted by Crippen LogP contribution is -2.35. The first kappa shape index (κ1) is 16.7. The van der Waals surface area contributed by atoms with Gasteiger partial charge in [0.05, 0.1) is 12.5 Å². The zero-order valence-corrected chi connectivity index (χ0v) is 14.6. The number of hydrogen-bond acceptors (Lipinski definition) is 4. The Kier molecular flexibility index (Phi) is 4.69. The first-order valence-electron chi connectivity index (χ1n) is 8.64. The monoisotopic (exact) mass is 331 g/mol. The molecule has 1 fully saturated rings. The molecule has 0 unspecified atom stereocenters. The lowest BCUT2D eigenvalue weighted by Gasteiger charge is -2.23. The Hall–Kier alpha value is -2.18. The molecular weight excluding hydrogens is 306 g/mol. The van der Waals surface area contributed by atoms with E-state index in [0.717, 1.165) is 25.8 Å². The Morgan fingerprint density at radius 2 is 2.17 bits per heavy atom. The molecule has 0 bridgehead atoms.